The van der Waals surface area contributed by atoms with Gasteiger partial charge in [-0.1, -0.05) is 6.07 Å². The van der Waals surface area contributed by atoms with Gasteiger partial charge in [0.05, 0.1) is 15.2 Å². The van der Waals surface area contributed by atoms with E-state index in [2.05, 4.69) is 19.9 Å². The lowest BCUT2D eigenvalue weighted by Gasteiger charge is -2.28. The van der Waals surface area contributed by atoms with Crippen molar-refractivity contribution in [3.63, 3.8) is 0 Å². The third kappa shape index (κ3) is 7.63. The number of pyridine rings is 1. The Hall–Kier alpha value is -2.85. The number of rotatable bonds is 7. The van der Waals surface area contributed by atoms with E-state index in [4.69, 9.17) is 4.74 Å². The highest BCUT2D eigenvalue weighted by molar-refractivity contribution is 7.18. The maximum Gasteiger partial charge on any atom is 0.422 e. The van der Waals surface area contributed by atoms with Crippen molar-refractivity contribution in [3.05, 3.63) is 52.2 Å². The molecule has 2 aliphatic rings. The second kappa shape index (κ2) is 12.1. The monoisotopic (exact) mass is 558 g/mol. The molecular formula is C29H33F3N4O2S. The summed E-state index contributed by atoms with van der Waals surface area (Å²) in [7, 11) is 0. The van der Waals surface area contributed by atoms with Crippen LogP contribution in [0.15, 0.2) is 35.3 Å². The van der Waals surface area contributed by atoms with Gasteiger partial charge >= 0.3 is 6.18 Å². The molecule has 3 heterocycles. The maximum atomic E-state index is 12.6. The first-order chi connectivity index (χ1) is 18.7. The summed E-state index contributed by atoms with van der Waals surface area (Å²) in [4.78, 5) is 28.1. The summed E-state index contributed by atoms with van der Waals surface area (Å²) in [5.41, 5.74) is 3.36. The summed E-state index contributed by atoms with van der Waals surface area (Å²) in [6, 6.07) is 8.99. The number of hydrogen-bond donors (Lipinski definition) is 0. The van der Waals surface area contributed by atoms with Gasteiger partial charge in [0, 0.05) is 43.0 Å². The van der Waals surface area contributed by atoms with Crippen molar-refractivity contribution < 1.29 is 22.7 Å². The second-order valence-electron chi connectivity index (χ2n) is 10.6. The normalized spacial score (nSPS) is 20.7. The number of benzene rings is 1. The minimum absolute atomic E-state index is 0.0390. The Bertz CT molecular complexity index is 1330. The van der Waals surface area contributed by atoms with Gasteiger partial charge < -0.3 is 9.64 Å². The Morgan fingerprint density at radius 1 is 1.13 bits per heavy atom. The molecule has 10 heteroatoms. The molecule has 0 N–H and O–H groups in total. The molecule has 1 saturated carbocycles. The molecule has 0 unspecified atom stereocenters. The number of amides is 1. The van der Waals surface area contributed by atoms with Gasteiger partial charge in [0.25, 0.3) is 5.91 Å². The van der Waals surface area contributed by atoms with Crippen LogP contribution in [0.1, 0.15) is 58.7 Å². The van der Waals surface area contributed by atoms with Gasteiger partial charge in [0.2, 0.25) is 5.88 Å². The topological polar surface area (TPSA) is 67.7 Å². The predicted molar refractivity (Wildman–Crippen MR) is 147 cm³/mol. The lowest BCUT2D eigenvalue weighted by Crippen LogP contribution is -2.29. The highest BCUT2D eigenvalue weighted by Crippen LogP contribution is 2.31. The van der Waals surface area contributed by atoms with E-state index in [1.807, 2.05) is 37.4 Å². The lowest BCUT2D eigenvalue weighted by atomic mass is 9.81. The largest absolute Gasteiger partial charge is 0.468 e. The first kappa shape index (κ1) is 27.7. The van der Waals surface area contributed by atoms with E-state index in [-0.39, 0.29) is 11.8 Å². The van der Waals surface area contributed by atoms with Crippen LogP contribution in [0.2, 0.25) is 0 Å². The van der Waals surface area contributed by atoms with Crippen molar-refractivity contribution in [1.82, 2.24) is 14.9 Å². The first-order valence-electron chi connectivity index (χ1n) is 13.6. The van der Waals surface area contributed by atoms with Gasteiger partial charge in [-0.2, -0.15) is 13.2 Å². The number of thiazole rings is 1. The number of fused-ring (bicyclic) bond motifs is 2. The SMILES string of the molecule is Cc1nc2cc(C(=O)N=CC3CCC(CCN4CCc5ccc(OCC(F)(F)F)nc5CC4)CC3)ccc2s1. The molecule has 208 valence electrons. The van der Waals surface area contributed by atoms with Crippen molar-refractivity contribution in [2.45, 2.75) is 58.0 Å². The zero-order valence-electron chi connectivity index (χ0n) is 22.0. The molecule has 0 saturated heterocycles. The average molecular weight is 559 g/mol. The van der Waals surface area contributed by atoms with E-state index in [1.165, 1.54) is 6.07 Å². The third-order valence-electron chi connectivity index (χ3n) is 7.68. The van der Waals surface area contributed by atoms with E-state index in [1.54, 1.807) is 11.3 Å². The van der Waals surface area contributed by atoms with Crippen LogP contribution in [-0.2, 0) is 12.8 Å². The molecule has 5 rings (SSSR count). The fourth-order valence-electron chi connectivity index (χ4n) is 5.48. The molecule has 3 aromatic rings. The van der Waals surface area contributed by atoms with Crippen LogP contribution in [0.5, 0.6) is 5.88 Å². The van der Waals surface area contributed by atoms with Gasteiger partial charge in [-0.05, 0) is 87.6 Å². The number of hydrogen-bond acceptors (Lipinski definition) is 6. The fourth-order valence-corrected chi connectivity index (χ4v) is 6.29. The number of aromatic nitrogens is 2. The highest BCUT2D eigenvalue weighted by atomic mass is 32.1. The number of carbonyl (C=O) groups excluding carboxylic acids is 1. The van der Waals surface area contributed by atoms with Crippen molar-refractivity contribution in [3.8, 4) is 5.88 Å². The molecule has 0 atom stereocenters. The molecule has 1 aliphatic carbocycles. The summed E-state index contributed by atoms with van der Waals surface area (Å²) >= 11 is 1.62. The van der Waals surface area contributed by atoms with Gasteiger partial charge in [0.1, 0.15) is 0 Å². The standard InChI is InChI=1S/C29H33F3N4O2S/c1-19-34-25-16-23(6-8-26(25)39-19)28(37)33-17-21-4-2-20(3-5-21)10-13-36-14-11-22-7-9-27(35-24(22)12-15-36)38-18-29(30,31)32/h6-9,16-17,20-21H,2-5,10-15,18H2,1H3. The summed E-state index contributed by atoms with van der Waals surface area (Å²) in [6.07, 6.45) is 4.50. The molecule has 1 amide bonds. The number of aryl methyl sites for hydroxylation is 1. The van der Waals surface area contributed by atoms with Gasteiger partial charge in [-0.3, -0.25) is 4.79 Å². The number of nitrogens with zero attached hydrogens (tertiary/aromatic N) is 4. The molecule has 2 aromatic heterocycles. The first-order valence-corrected chi connectivity index (χ1v) is 14.4. The van der Waals surface area contributed by atoms with Gasteiger partial charge in [-0.15, -0.1) is 11.3 Å². The summed E-state index contributed by atoms with van der Waals surface area (Å²) in [5, 5.41) is 0.986. The third-order valence-corrected chi connectivity index (χ3v) is 8.63. The van der Waals surface area contributed by atoms with Crippen molar-refractivity contribution >= 4 is 33.7 Å². The summed E-state index contributed by atoms with van der Waals surface area (Å²) < 4.78 is 43.3. The van der Waals surface area contributed by atoms with Crippen LogP contribution in [0.4, 0.5) is 13.2 Å². The Kier molecular flexibility index (Phi) is 8.61. The van der Waals surface area contributed by atoms with Crippen molar-refractivity contribution in [2.75, 3.05) is 26.2 Å². The molecule has 1 fully saturated rings. The van der Waals surface area contributed by atoms with Crippen molar-refractivity contribution in [1.29, 1.82) is 0 Å². The molecule has 6 nitrogen and oxygen atoms in total. The average Bonchev–Trinajstić information content (AvgIpc) is 3.17. The Labute approximate surface area is 230 Å². The zero-order chi connectivity index (χ0) is 27.4. The van der Waals surface area contributed by atoms with Crippen LogP contribution in [0, 0.1) is 18.8 Å². The Morgan fingerprint density at radius 3 is 2.72 bits per heavy atom. The molecule has 39 heavy (non-hydrogen) atoms. The van der Waals surface area contributed by atoms with Crippen LogP contribution in [0.3, 0.4) is 0 Å². The molecule has 1 aromatic carbocycles. The predicted octanol–water partition coefficient (Wildman–Crippen LogP) is 6.45. The molecular weight excluding hydrogens is 525 g/mol. The highest BCUT2D eigenvalue weighted by Gasteiger charge is 2.29. The van der Waals surface area contributed by atoms with Crippen molar-refractivity contribution in [2.24, 2.45) is 16.8 Å². The Morgan fingerprint density at radius 2 is 1.92 bits per heavy atom. The van der Waals surface area contributed by atoms with E-state index in [0.717, 1.165) is 84.6 Å². The number of carbonyl (C=O) groups is 1. The molecule has 0 bridgehead atoms. The van der Waals surface area contributed by atoms with E-state index < -0.39 is 12.8 Å². The molecule has 0 spiro atoms. The summed E-state index contributed by atoms with van der Waals surface area (Å²) in [6.45, 7) is 3.42. The van der Waals surface area contributed by atoms with E-state index in [0.29, 0.717) is 23.8 Å². The van der Waals surface area contributed by atoms with Crippen LogP contribution >= 0.6 is 11.3 Å². The number of ether oxygens (including phenoxy) is 1. The number of halogens is 3. The minimum Gasteiger partial charge on any atom is -0.468 e. The van der Waals surface area contributed by atoms with Crippen LogP contribution < -0.4 is 4.74 Å². The van der Waals surface area contributed by atoms with Gasteiger partial charge in [0.15, 0.2) is 6.61 Å². The van der Waals surface area contributed by atoms with E-state index >= 15 is 0 Å². The zero-order valence-corrected chi connectivity index (χ0v) is 22.9. The smallest absolute Gasteiger partial charge is 0.422 e. The summed E-state index contributed by atoms with van der Waals surface area (Å²) in [5.74, 6) is 0.826. The minimum atomic E-state index is -4.37. The fraction of sp³-hybridized carbons (Fsp3) is 0.517. The molecule has 1 aliphatic heterocycles. The van der Waals surface area contributed by atoms with Crippen LogP contribution in [0.25, 0.3) is 10.2 Å². The molecule has 0 radical (unpaired) electrons. The van der Waals surface area contributed by atoms with E-state index in [9.17, 15) is 18.0 Å². The second-order valence-corrected chi connectivity index (χ2v) is 11.8. The Balaban J connectivity index is 1.04. The maximum absolute atomic E-state index is 12.6. The number of alkyl halides is 3. The lowest BCUT2D eigenvalue weighted by molar-refractivity contribution is -0.154. The van der Waals surface area contributed by atoms with Crippen LogP contribution in [-0.4, -0.2) is 59.4 Å². The number of aliphatic imine (C=N–C) groups is 1. The van der Waals surface area contributed by atoms with Gasteiger partial charge in [-0.25, -0.2) is 15.0 Å². The quantitative estimate of drug-likeness (QED) is 0.312.